The summed E-state index contributed by atoms with van der Waals surface area (Å²) in [5.74, 6) is 1.05. The molecule has 1 radical (unpaired) electrons. The summed E-state index contributed by atoms with van der Waals surface area (Å²) in [5.41, 5.74) is 2.29. The number of ether oxygens (including phenoxy) is 1. The Hall–Kier alpha value is -1.61. The van der Waals surface area contributed by atoms with Gasteiger partial charge in [-0.15, -0.1) is 0 Å². The van der Waals surface area contributed by atoms with Crippen molar-refractivity contribution < 1.29 is 4.74 Å². The topological polar surface area (TPSA) is 25.4 Å². The fourth-order valence-electron chi connectivity index (χ4n) is 2.23. The van der Waals surface area contributed by atoms with Gasteiger partial charge in [-0.1, -0.05) is 12.1 Å². The molecule has 1 saturated heterocycles. The van der Waals surface area contributed by atoms with Crippen LogP contribution in [0.4, 0.5) is 5.82 Å². The minimum Gasteiger partial charge on any atom is -0.378 e. The molecule has 0 N–H and O–H groups in total. The molecule has 0 aliphatic carbocycles. The lowest BCUT2D eigenvalue weighted by molar-refractivity contribution is 0.122. The molecule has 2 heterocycles. The fourth-order valence-corrected chi connectivity index (χ4v) is 2.23. The third-order valence-corrected chi connectivity index (χ3v) is 3.18. The number of benzene rings is 1. The van der Waals surface area contributed by atoms with Crippen LogP contribution in [0.5, 0.6) is 0 Å². The van der Waals surface area contributed by atoms with Gasteiger partial charge in [0.05, 0.1) is 18.7 Å². The van der Waals surface area contributed by atoms with Crippen molar-refractivity contribution in [2.45, 2.75) is 6.92 Å². The van der Waals surface area contributed by atoms with E-state index in [4.69, 9.17) is 9.72 Å². The fraction of sp³-hybridized carbons (Fsp3) is 0.357. The van der Waals surface area contributed by atoms with Crippen LogP contribution in [0.25, 0.3) is 10.9 Å². The Morgan fingerprint density at radius 3 is 3.00 bits per heavy atom. The van der Waals surface area contributed by atoms with E-state index in [1.165, 1.54) is 10.9 Å². The first-order valence-electron chi connectivity index (χ1n) is 5.95. The van der Waals surface area contributed by atoms with Crippen molar-refractivity contribution in [2.24, 2.45) is 0 Å². The minimum atomic E-state index is 0.791. The van der Waals surface area contributed by atoms with Gasteiger partial charge in [-0.3, -0.25) is 0 Å². The van der Waals surface area contributed by atoms with Gasteiger partial charge >= 0.3 is 0 Å². The molecule has 0 atom stereocenters. The zero-order valence-electron chi connectivity index (χ0n) is 9.94. The van der Waals surface area contributed by atoms with Gasteiger partial charge in [0.2, 0.25) is 0 Å². The van der Waals surface area contributed by atoms with Crippen LogP contribution in [0, 0.1) is 13.0 Å². The van der Waals surface area contributed by atoms with Crippen LogP contribution in [-0.4, -0.2) is 31.3 Å². The molecule has 1 aliphatic heterocycles. The lowest BCUT2D eigenvalue weighted by Gasteiger charge is -2.28. The number of nitrogens with zero attached hydrogens (tertiary/aromatic N) is 2. The highest BCUT2D eigenvalue weighted by Gasteiger charge is 2.13. The molecule has 3 rings (SSSR count). The number of rotatable bonds is 1. The van der Waals surface area contributed by atoms with Gasteiger partial charge in [0.15, 0.2) is 0 Å². The van der Waals surface area contributed by atoms with Crippen molar-refractivity contribution in [3.63, 3.8) is 0 Å². The Bertz CT molecular complexity index is 533. The predicted octanol–water partition coefficient (Wildman–Crippen LogP) is 2.18. The molecule has 17 heavy (non-hydrogen) atoms. The zero-order valence-corrected chi connectivity index (χ0v) is 9.94. The number of aromatic nitrogens is 1. The molecule has 0 unspecified atom stereocenters. The van der Waals surface area contributed by atoms with E-state index in [1.807, 2.05) is 12.1 Å². The summed E-state index contributed by atoms with van der Waals surface area (Å²) >= 11 is 0. The smallest absolute Gasteiger partial charge is 0.129 e. The molecule has 3 heteroatoms. The molecule has 3 nitrogen and oxygen atoms in total. The van der Waals surface area contributed by atoms with Gasteiger partial charge in [-0.25, -0.2) is 4.98 Å². The number of hydrogen-bond donors (Lipinski definition) is 0. The van der Waals surface area contributed by atoms with Crippen molar-refractivity contribution >= 4 is 16.7 Å². The highest BCUT2D eigenvalue weighted by molar-refractivity contribution is 5.83. The van der Waals surface area contributed by atoms with Gasteiger partial charge in [-0.2, -0.15) is 0 Å². The van der Waals surface area contributed by atoms with Gasteiger partial charge in [0.25, 0.3) is 0 Å². The second-order valence-corrected chi connectivity index (χ2v) is 4.34. The maximum atomic E-state index is 5.36. The molecule has 1 aromatic carbocycles. The van der Waals surface area contributed by atoms with Crippen LogP contribution in [0.1, 0.15) is 5.56 Å². The molecule has 1 aliphatic rings. The van der Waals surface area contributed by atoms with E-state index < -0.39 is 0 Å². The largest absolute Gasteiger partial charge is 0.378 e. The normalized spacial score (nSPS) is 16.4. The second-order valence-electron chi connectivity index (χ2n) is 4.34. The number of pyridine rings is 1. The van der Waals surface area contributed by atoms with Crippen LogP contribution in [-0.2, 0) is 4.74 Å². The van der Waals surface area contributed by atoms with Crippen LogP contribution >= 0.6 is 0 Å². The van der Waals surface area contributed by atoms with E-state index in [9.17, 15) is 0 Å². The number of hydrogen-bond acceptors (Lipinski definition) is 3. The van der Waals surface area contributed by atoms with Crippen molar-refractivity contribution in [1.29, 1.82) is 0 Å². The maximum Gasteiger partial charge on any atom is 0.129 e. The third-order valence-electron chi connectivity index (χ3n) is 3.18. The van der Waals surface area contributed by atoms with Crippen molar-refractivity contribution in [3.05, 3.63) is 35.9 Å². The first-order chi connectivity index (χ1) is 8.34. The van der Waals surface area contributed by atoms with E-state index in [2.05, 4.69) is 30.0 Å². The number of anilines is 1. The van der Waals surface area contributed by atoms with E-state index in [1.54, 1.807) is 0 Å². The van der Waals surface area contributed by atoms with Gasteiger partial charge in [0, 0.05) is 18.5 Å². The van der Waals surface area contributed by atoms with Crippen LogP contribution in [0.3, 0.4) is 0 Å². The predicted molar refractivity (Wildman–Crippen MR) is 68.3 cm³/mol. The van der Waals surface area contributed by atoms with Crippen molar-refractivity contribution in [2.75, 3.05) is 31.2 Å². The van der Waals surface area contributed by atoms with Crippen molar-refractivity contribution in [1.82, 2.24) is 4.98 Å². The van der Waals surface area contributed by atoms with Gasteiger partial charge in [0.1, 0.15) is 5.82 Å². The van der Waals surface area contributed by atoms with E-state index in [0.29, 0.717) is 0 Å². The first kappa shape index (κ1) is 10.5. The zero-order chi connectivity index (χ0) is 11.7. The minimum absolute atomic E-state index is 0.791. The third kappa shape index (κ3) is 1.98. The number of morpholine rings is 1. The lowest BCUT2D eigenvalue weighted by Crippen LogP contribution is -2.36. The number of aryl methyl sites for hydroxylation is 1. The van der Waals surface area contributed by atoms with Crippen LogP contribution in [0.15, 0.2) is 24.3 Å². The van der Waals surface area contributed by atoms with Crippen molar-refractivity contribution in [3.8, 4) is 0 Å². The summed E-state index contributed by atoms with van der Waals surface area (Å²) in [6, 6.07) is 11.2. The Labute approximate surface area is 101 Å². The summed E-state index contributed by atoms with van der Waals surface area (Å²) in [7, 11) is 0. The highest BCUT2D eigenvalue weighted by atomic mass is 16.5. The van der Waals surface area contributed by atoms with Gasteiger partial charge < -0.3 is 9.64 Å². The van der Waals surface area contributed by atoms with E-state index >= 15 is 0 Å². The summed E-state index contributed by atoms with van der Waals surface area (Å²) in [6.07, 6.45) is 0. The van der Waals surface area contributed by atoms with Gasteiger partial charge in [-0.05, 0) is 30.7 Å². The average Bonchev–Trinajstić information content (AvgIpc) is 2.40. The molecule has 1 fully saturated rings. The molecule has 2 aromatic rings. The molecule has 87 valence electrons. The molecule has 0 saturated carbocycles. The standard InChI is InChI=1S/C14H15N2O/c1-11-10-14(16-6-8-17-9-7-16)15-13-5-3-2-4-12(11)13/h2,4-5,10H,6-9H2,1H3. The Morgan fingerprint density at radius 2 is 2.18 bits per heavy atom. The van der Waals surface area contributed by atoms with Crippen LogP contribution in [0.2, 0.25) is 0 Å². The molecule has 0 amide bonds. The Morgan fingerprint density at radius 1 is 1.35 bits per heavy atom. The van der Waals surface area contributed by atoms with E-state index in [-0.39, 0.29) is 0 Å². The molecular weight excluding hydrogens is 212 g/mol. The summed E-state index contributed by atoms with van der Waals surface area (Å²) in [5, 5.41) is 1.21. The molecule has 1 aromatic heterocycles. The molecule has 0 spiro atoms. The molecule has 0 bridgehead atoms. The summed E-state index contributed by atoms with van der Waals surface area (Å²) in [6.45, 7) is 5.57. The van der Waals surface area contributed by atoms with Crippen LogP contribution < -0.4 is 4.90 Å². The number of fused-ring (bicyclic) bond motifs is 1. The average molecular weight is 227 g/mol. The second kappa shape index (κ2) is 4.34. The Kier molecular flexibility index (Phi) is 2.69. The quantitative estimate of drug-likeness (QED) is 0.746. The molecular formula is C14H15N2O. The first-order valence-corrected chi connectivity index (χ1v) is 5.95. The summed E-state index contributed by atoms with van der Waals surface area (Å²) in [4.78, 5) is 6.98. The monoisotopic (exact) mass is 227 g/mol. The maximum absolute atomic E-state index is 5.36. The van der Waals surface area contributed by atoms with E-state index in [0.717, 1.165) is 37.6 Å². The SMILES string of the molecule is Cc1cc(N2CCOCC2)nc2c[c]ccc12. The Balaban J connectivity index is 2.05. The lowest BCUT2D eigenvalue weighted by atomic mass is 10.1. The highest BCUT2D eigenvalue weighted by Crippen LogP contribution is 2.22. The summed E-state index contributed by atoms with van der Waals surface area (Å²) < 4.78 is 5.36.